The fourth-order valence-electron chi connectivity index (χ4n) is 2.78. The normalized spacial score (nSPS) is 12.2. The van der Waals surface area contributed by atoms with Gasteiger partial charge in [-0.15, -0.1) is 12.6 Å². The van der Waals surface area contributed by atoms with Crippen molar-refractivity contribution in [1.82, 2.24) is 0 Å². The Hall–Kier alpha value is -2.21. The Bertz CT molecular complexity index is 1130. The molecule has 0 unspecified atom stereocenters. The molecule has 3 aromatic carbocycles. The summed E-state index contributed by atoms with van der Waals surface area (Å²) in [6, 6.07) is 13.9. The van der Waals surface area contributed by atoms with Crippen LogP contribution in [0.3, 0.4) is 0 Å². The fourth-order valence-corrected chi connectivity index (χ4v) is 3.61. The van der Waals surface area contributed by atoms with Crippen LogP contribution in [0.1, 0.15) is 0 Å². The molecule has 5 nitrogen and oxygen atoms in total. The lowest BCUT2D eigenvalue weighted by Crippen LogP contribution is -2.36. The molecule has 0 radical (unpaired) electrons. The van der Waals surface area contributed by atoms with E-state index in [-0.39, 0.29) is 15.8 Å². The van der Waals surface area contributed by atoms with E-state index in [1.165, 1.54) is 24.3 Å². The first-order chi connectivity index (χ1) is 13.0. The molecular weight excluding hydrogens is 416 g/mol. The zero-order valence-electron chi connectivity index (χ0n) is 13.9. The molecule has 28 heavy (non-hydrogen) atoms. The summed E-state index contributed by atoms with van der Waals surface area (Å²) in [5.74, 6) is -0.826. The van der Waals surface area contributed by atoms with Crippen molar-refractivity contribution in [2.45, 2.75) is 10.4 Å². The summed E-state index contributed by atoms with van der Waals surface area (Å²) in [4.78, 5) is 0.203. The molecule has 0 aliphatic rings. The van der Waals surface area contributed by atoms with Crippen molar-refractivity contribution < 1.29 is 35.8 Å². The number of hydrogen-bond donors (Lipinski definition) is 3. The van der Waals surface area contributed by atoms with E-state index in [2.05, 4.69) is 16.8 Å². The molecule has 0 spiro atoms. The summed E-state index contributed by atoms with van der Waals surface area (Å²) in [6.45, 7) is 0. The second-order valence-electron chi connectivity index (χ2n) is 5.77. The van der Waals surface area contributed by atoms with Crippen molar-refractivity contribution in [2.75, 3.05) is 0 Å². The van der Waals surface area contributed by atoms with Crippen molar-refractivity contribution in [3.05, 3.63) is 54.6 Å². The molecule has 0 saturated carbocycles. The lowest BCUT2D eigenvalue weighted by molar-refractivity contribution is -0.0499. The fraction of sp³-hybridized carbons (Fsp3) is 0.0588. The first-order valence-corrected chi connectivity index (χ1v) is 9.59. The number of hydrogen-bond acceptors (Lipinski definition) is 6. The summed E-state index contributed by atoms with van der Waals surface area (Å²) in [5.41, 5.74) is -5.96. The van der Waals surface area contributed by atoms with Gasteiger partial charge in [-0.25, -0.2) is 0 Å². The molecule has 0 atom stereocenters. The second-order valence-corrected chi connectivity index (χ2v) is 7.78. The Morgan fingerprint density at radius 2 is 1.64 bits per heavy atom. The van der Waals surface area contributed by atoms with Gasteiger partial charge in [-0.3, -0.25) is 0 Å². The maximum absolute atomic E-state index is 12.9. The minimum atomic E-state index is -6.07. The number of fused-ring (bicyclic) bond motifs is 1. The van der Waals surface area contributed by atoms with Crippen LogP contribution in [0.25, 0.3) is 21.9 Å². The van der Waals surface area contributed by atoms with Gasteiger partial charge < -0.3 is 14.2 Å². The molecule has 2 N–H and O–H groups in total. The Kier molecular flexibility index (Phi) is 5.37. The Balaban J connectivity index is 2.44. The molecule has 0 fully saturated rings. The molecule has 3 aromatic rings. The molecule has 146 valence electrons. The zero-order valence-corrected chi connectivity index (χ0v) is 15.6. The highest BCUT2D eigenvalue weighted by Gasteiger charge is 2.49. The zero-order chi connectivity index (χ0) is 20.7. The molecule has 0 aliphatic heterocycles. The quantitative estimate of drug-likeness (QED) is 0.258. The van der Waals surface area contributed by atoms with Gasteiger partial charge in [0.05, 0.1) is 0 Å². The number of alkyl halides is 3. The number of thiol groups is 1. The second kappa shape index (κ2) is 7.32. The van der Waals surface area contributed by atoms with Crippen molar-refractivity contribution in [3.8, 4) is 16.9 Å². The van der Waals surface area contributed by atoms with Crippen molar-refractivity contribution in [1.29, 1.82) is 0 Å². The topological polar surface area (TPSA) is 83.8 Å². The van der Waals surface area contributed by atoms with Crippen LogP contribution in [-0.2, 0) is 10.1 Å². The Morgan fingerprint density at radius 3 is 2.21 bits per heavy atom. The van der Waals surface area contributed by atoms with Crippen LogP contribution >= 0.6 is 12.6 Å². The van der Waals surface area contributed by atoms with Gasteiger partial charge in [0.15, 0.2) is 5.75 Å². The largest absolute Gasteiger partial charge is 0.534 e. The first kappa shape index (κ1) is 20.5. The van der Waals surface area contributed by atoms with E-state index in [9.17, 15) is 31.6 Å². The maximum Gasteiger partial charge on any atom is 0.534 e. The molecule has 0 aromatic heterocycles. The van der Waals surface area contributed by atoms with Gasteiger partial charge >= 0.3 is 22.7 Å². The molecular formula is C17H12BF3O5S2. The molecule has 3 rings (SSSR count). The predicted molar refractivity (Wildman–Crippen MR) is 102 cm³/mol. The summed E-state index contributed by atoms with van der Waals surface area (Å²) in [5, 5.41) is 20.2. The third-order valence-corrected chi connectivity index (χ3v) is 5.28. The van der Waals surface area contributed by atoms with Gasteiger partial charge in [-0.05, 0) is 28.5 Å². The minimum Gasteiger partial charge on any atom is -0.423 e. The molecule has 0 heterocycles. The SMILES string of the molecule is O=S(=O)(Oc1c(-c2ccccc2)cc2cccc(S)c2c1B(O)O)C(F)(F)F. The van der Waals surface area contributed by atoms with E-state index in [1.807, 2.05) is 0 Å². The van der Waals surface area contributed by atoms with Crippen molar-refractivity contribution in [3.63, 3.8) is 0 Å². The van der Waals surface area contributed by atoms with Gasteiger partial charge in [-0.1, -0.05) is 42.5 Å². The van der Waals surface area contributed by atoms with E-state index in [4.69, 9.17) is 0 Å². The summed E-state index contributed by atoms with van der Waals surface area (Å²) >= 11 is 4.20. The van der Waals surface area contributed by atoms with Crippen LogP contribution in [0.2, 0.25) is 0 Å². The van der Waals surface area contributed by atoms with Gasteiger partial charge in [0.25, 0.3) is 0 Å². The number of halogens is 3. The van der Waals surface area contributed by atoms with Gasteiger partial charge in [0.2, 0.25) is 0 Å². The Labute approximate surface area is 164 Å². The molecule has 0 aliphatic carbocycles. The molecule has 11 heteroatoms. The van der Waals surface area contributed by atoms with E-state index in [0.29, 0.717) is 10.9 Å². The molecule has 0 amide bonds. The maximum atomic E-state index is 12.9. The average Bonchev–Trinajstić information content (AvgIpc) is 2.61. The van der Waals surface area contributed by atoms with Gasteiger partial charge in [0.1, 0.15) is 0 Å². The minimum absolute atomic E-state index is 0.0528. The molecule has 0 bridgehead atoms. The number of benzene rings is 3. The lowest BCUT2D eigenvalue weighted by atomic mass is 9.74. The Morgan fingerprint density at radius 1 is 1.00 bits per heavy atom. The van der Waals surface area contributed by atoms with E-state index in [1.54, 1.807) is 30.3 Å². The van der Waals surface area contributed by atoms with Gasteiger partial charge in [-0.2, -0.15) is 21.6 Å². The van der Waals surface area contributed by atoms with Crippen LogP contribution in [0, 0.1) is 0 Å². The van der Waals surface area contributed by atoms with Crippen LogP contribution in [0.15, 0.2) is 59.5 Å². The van der Waals surface area contributed by atoms with Crippen LogP contribution in [0.4, 0.5) is 13.2 Å². The van der Waals surface area contributed by atoms with Crippen molar-refractivity contribution in [2.24, 2.45) is 0 Å². The smallest absolute Gasteiger partial charge is 0.423 e. The van der Waals surface area contributed by atoms with E-state index in [0.717, 1.165) is 0 Å². The first-order valence-electron chi connectivity index (χ1n) is 7.74. The van der Waals surface area contributed by atoms with Crippen LogP contribution < -0.4 is 9.65 Å². The summed E-state index contributed by atoms with van der Waals surface area (Å²) < 4.78 is 66.5. The monoisotopic (exact) mass is 428 g/mol. The molecule has 0 saturated heterocycles. The highest BCUT2D eigenvalue weighted by molar-refractivity contribution is 7.88. The third kappa shape index (κ3) is 3.70. The number of rotatable bonds is 4. The van der Waals surface area contributed by atoms with E-state index >= 15 is 0 Å². The predicted octanol–water partition coefficient (Wildman–Crippen LogP) is 2.70. The van der Waals surface area contributed by atoms with Crippen LogP contribution in [-0.4, -0.2) is 31.1 Å². The third-order valence-electron chi connectivity index (χ3n) is 3.95. The van der Waals surface area contributed by atoms with E-state index < -0.39 is 34.0 Å². The van der Waals surface area contributed by atoms with Crippen LogP contribution in [0.5, 0.6) is 5.75 Å². The lowest BCUT2D eigenvalue weighted by Gasteiger charge is -2.19. The average molecular weight is 428 g/mol. The summed E-state index contributed by atoms with van der Waals surface area (Å²) in [6.07, 6.45) is 0. The van der Waals surface area contributed by atoms with Crippen molar-refractivity contribution >= 4 is 46.1 Å². The standard InChI is InChI=1S/C17H12BF3O5S2/c19-17(20,21)28(24,25)26-16-12(10-5-2-1-3-6-10)9-11-7-4-8-13(27)14(11)15(16)18(22)23/h1-9,22-23,27H. The van der Waals surface area contributed by atoms with Gasteiger partial charge in [0, 0.05) is 15.9 Å². The highest BCUT2D eigenvalue weighted by atomic mass is 32.2. The highest BCUT2D eigenvalue weighted by Crippen LogP contribution is 2.37. The summed E-state index contributed by atoms with van der Waals surface area (Å²) in [7, 11) is -8.39.